The Labute approximate surface area is 66.8 Å². The third kappa shape index (κ3) is 11.3. The summed E-state index contributed by atoms with van der Waals surface area (Å²) in [6.07, 6.45) is 0. The molecular weight excluding hydrogens is 234 g/mol. The summed E-state index contributed by atoms with van der Waals surface area (Å²) in [6.45, 7) is 0. The van der Waals surface area contributed by atoms with Crippen molar-refractivity contribution in [2.24, 2.45) is 0 Å². The molecule has 0 saturated carbocycles. The fourth-order valence-electron chi connectivity index (χ4n) is 0.131. The molecule has 0 fully saturated rings. The summed E-state index contributed by atoms with van der Waals surface area (Å²) in [7, 11) is 0. The quantitative estimate of drug-likeness (QED) is 0.458. The van der Waals surface area contributed by atoms with Crippen molar-refractivity contribution in [3.63, 3.8) is 0 Å². The van der Waals surface area contributed by atoms with Crippen LogP contribution in [0.5, 0.6) is 0 Å². The molecule has 0 aromatic heterocycles. The number of rotatable bonds is 0. The molecule has 0 radical (unpaired) electrons. The maximum atomic E-state index is 10.8. The van der Waals surface area contributed by atoms with Crippen molar-refractivity contribution >= 4 is 11.8 Å². The zero-order valence-corrected chi connectivity index (χ0v) is 5.74. The van der Waals surface area contributed by atoms with Gasteiger partial charge in [-0.25, -0.2) is 0 Å². The Bertz CT molecular complexity index is 80.9. The van der Waals surface area contributed by atoms with Crippen LogP contribution in [0.15, 0.2) is 0 Å². The molecule has 66 valence electrons. The molecule has 10 heavy (non-hydrogen) atoms. The van der Waals surface area contributed by atoms with Crippen LogP contribution in [-0.2, 0) is 17.1 Å². The molecule has 0 N–H and O–H groups in total. The van der Waals surface area contributed by atoms with Crippen molar-refractivity contribution in [1.82, 2.24) is 0 Å². The van der Waals surface area contributed by atoms with Gasteiger partial charge in [0.05, 0.1) is 11.8 Å². The van der Waals surface area contributed by atoms with E-state index in [2.05, 4.69) is 0 Å². The minimum absolute atomic E-state index is 0. The normalized spacial score (nSPS) is 12.6. The van der Waals surface area contributed by atoms with E-state index < -0.39 is 22.8 Å². The molecule has 0 spiro atoms. The Kier molecular flexibility index (Phi) is 4.87. The summed E-state index contributed by atoms with van der Waals surface area (Å²) in [5.41, 5.74) is -10.4. The average Bonchev–Trinajstić information content (AvgIpc) is 1.14. The van der Waals surface area contributed by atoms with E-state index in [0.29, 0.717) is 0 Å². The number of alkyl halides is 6. The van der Waals surface area contributed by atoms with Crippen LogP contribution in [0.3, 0.4) is 0 Å². The van der Waals surface area contributed by atoms with E-state index in [9.17, 15) is 26.3 Å². The molecule has 0 aliphatic rings. The number of halogens is 6. The van der Waals surface area contributed by atoms with Crippen LogP contribution in [0, 0.1) is 0 Å². The molecule has 0 aliphatic heterocycles. The summed E-state index contributed by atoms with van der Waals surface area (Å²) < 4.78 is 64.8. The average molecular weight is 234 g/mol. The predicted octanol–water partition coefficient (Wildman–Crippen LogP) is 2.76. The number of hydrogen-bond donors (Lipinski definition) is 0. The van der Waals surface area contributed by atoms with Gasteiger partial charge in [-0.2, -0.15) is 26.3 Å². The topological polar surface area (TPSA) is 0 Å². The first-order valence-corrected chi connectivity index (χ1v) is 2.36. The second-order valence-corrected chi connectivity index (χ2v) is 2.12. The number of hydrogen-bond acceptors (Lipinski definition) is 1. The molecule has 0 saturated heterocycles. The van der Waals surface area contributed by atoms with Gasteiger partial charge < -0.3 is 0 Å². The van der Waals surface area contributed by atoms with E-state index in [-0.39, 0.29) is 17.1 Å². The van der Waals surface area contributed by atoms with Crippen molar-refractivity contribution in [2.45, 2.75) is 11.0 Å². The Morgan fingerprint density at radius 2 is 0.900 bits per heavy atom. The summed E-state index contributed by atoms with van der Waals surface area (Å²) in [6, 6.07) is 0. The van der Waals surface area contributed by atoms with Crippen LogP contribution >= 0.6 is 11.8 Å². The zero-order valence-electron chi connectivity index (χ0n) is 3.98. The van der Waals surface area contributed by atoms with Gasteiger partial charge in [-0.1, -0.05) is 0 Å². The fourth-order valence-corrected chi connectivity index (χ4v) is 0.394. The maximum absolute atomic E-state index is 10.8. The molecular formula is C2CuF6S+. The summed E-state index contributed by atoms with van der Waals surface area (Å²) >= 11 is -1.99. The first kappa shape index (κ1) is 13.1. The second kappa shape index (κ2) is 3.73. The zero-order chi connectivity index (χ0) is 7.71. The van der Waals surface area contributed by atoms with Gasteiger partial charge in [-0.3, -0.25) is 0 Å². The predicted molar refractivity (Wildman–Crippen MR) is 19.7 cm³/mol. The van der Waals surface area contributed by atoms with E-state index in [4.69, 9.17) is 0 Å². The van der Waals surface area contributed by atoms with Crippen LogP contribution < -0.4 is 0 Å². The van der Waals surface area contributed by atoms with Gasteiger partial charge >= 0.3 is 28.1 Å². The number of thioether (sulfide) groups is 1. The van der Waals surface area contributed by atoms with E-state index in [1.54, 1.807) is 0 Å². The third-order valence-electron chi connectivity index (χ3n) is 0.231. The molecule has 0 nitrogen and oxygen atoms in total. The van der Waals surface area contributed by atoms with Crippen LogP contribution in [0.25, 0.3) is 0 Å². The van der Waals surface area contributed by atoms with Gasteiger partial charge in [0.1, 0.15) is 0 Å². The summed E-state index contributed by atoms with van der Waals surface area (Å²) in [5.74, 6) is 0. The van der Waals surface area contributed by atoms with Gasteiger partial charge in [0.15, 0.2) is 0 Å². The summed E-state index contributed by atoms with van der Waals surface area (Å²) in [4.78, 5) is 0. The molecule has 0 aliphatic carbocycles. The smallest absolute Gasteiger partial charge is 0.160 e. The molecule has 0 heterocycles. The molecule has 8 heteroatoms. The van der Waals surface area contributed by atoms with Gasteiger partial charge in [0.2, 0.25) is 0 Å². The Balaban J connectivity index is 0. The van der Waals surface area contributed by atoms with E-state index in [1.807, 2.05) is 0 Å². The third-order valence-corrected chi connectivity index (χ3v) is 0.694. The van der Waals surface area contributed by atoms with Crippen molar-refractivity contribution in [3.8, 4) is 0 Å². The van der Waals surface area contributed by atoms with Crippen molar-refractivity contribution in [1.29, 1.82) is 0 Å². The maximum Gasteiger partial charge on any atom is 1.00 e. The van der Waals surface area contributed by atoms with Crippen molar-refractivity contribution in [3.05, 3.63) is 0 Å². The minimum atomic E-state index is -5.22. The van der Waals surface area contributed by atoms with Crippen LogP contribution in [0.2, 0.25) is 0 Å². The van der Waals surface area contributed by atoms with E-state index in [1.165, 1.54) is 0 Å². The molecule has 0 amide bonds. The first-order chi connectivity index (χ1) is 3.71. The van der Waals surface area contributed by atoms with Gasteiger partial charge in [-0.05, 0) is 0 Å². The molecule has 0 aromatic carbocycles. The van der Waals surface area contributed by atoms with E-state index in [0.717, 1.165) is 0 Å². The van der Waals surface area contributed by atoms with Crippen LogP contribution in [0.1, 0.15) is 0 Å². The fraction of sp³-hybridized carbons (Fsp3) is 1.00. The van der Waals surface area contributed by atoms with Crippen molar-refractivity contribution < 1.29 is 43.4 Å². The molecule has 0 unspecified atom stereocenters. The minimum Gasteiger partial charge on any atom is -0.160 e. The molecule has 0 aromatic rings. The van der Waals surface area contributed by atoms with E-state index >= 15 is 0 Å². The monoisotopic (exact) mass is 233 g/mol. The molecule has 0 atom stereocenters. The Morgan fingerprint density at radius 1 is 0.700 bits per heavy atom. The van der Waals surface area contributed by atoms with Crippen LogP contribution in [-0.4, -0.2) is 11.0 Å². The summed E-state index contributed by atoms with van der Waals surface area (Å²) in [5, 5.41) is 0. The van der Waals surface area contributed by atoms with Crippen molar-refractivity contribution in [2.75, 3.05) is 0 Å². The standard InChI is InChI=1S/C2F6S.Cu/c3-1(4,5)9-2(6,7)8;/q;+1. The van der Waals surface area contributed by atoms with Gasteiger partial charge in [-0.15, -0.1) is 0 Å². The second-order valence-electron chi connectivity index (χ2n) is 0.994. The van der Waals surface area contributed by atoms with Gasteiger partial charge in [0, 0.05) is 0 Å². The van der Waals surface area contributed by atoms with Crippen LogP contribution in [0.4, 0.5) is 26.3 Å². The first-order valence-electron chi connectivity index (χ1n) is 1.54. The van der Waals surface area contributed by atoms with Gasteiger partial charge in [0.25, 0.3) is 0 Å². The Morgan fingerprint density at radius 3 is 0.900 bits per heavy atom. The molecule has 0 bridgehead atoms. The molecule has 0 rings (SSSR count). The largest absolute Gasteiger partial charge is 1.00 e. The SMILES string of the molecule is FC(F)(F)SC(F)(F)F.[Cu+]. The Hall–Kier alpha value is 0.449.